The van der Waals surface area contributed by atoms with Gasteiger partial charge in [-0.15, -0.1) is 5.10 Å². The van der Waals surface area contributed by atoms with Gasteiger partial charge in [0.15, 0.2) is 46.5 Å². The number of hydrogen-bond acceptors (Lipinski definition) is 3. The van der Waals surface area contributed by atoms with Crippen molar-refractivity contribution in [1.82, 2.24) is 5.43 Å². The lowest BCUT2D eigenvalue weighted by atomic mass is 10.2. The van der Waals surface area contributed by atoms with E-state index in [1.807, 2.05) is 0 Å². The first kappa shape index (κ1) is 22.6. The zero-order chi connectivity index (χ0) is 22.7. The number of rotatable bonds is 4. The van der Waals surface area contributed by atoms with E-state index in [0.717, 1.165) is 0 Å². The van der Waals surface area contributed by atoms with E-state index in [4.69, 9.17) is 5.73 Å². The number of halogens is 10. The van der Waals surface area contributed by atoms with E-state index in [1.54, 1.807) is 5.43 Å². The highest BCUT2D eigenvalue weighted by Gasteiger charge is 2.25. The minimum Gasteiger partial charge on any atom is -0.367 e. The molecule has 0 spiro atoms. The number of hydrazone groups is 1. The van der Waals surface area contributed by atoms with Crippen molar-refractivity contribution in [2.45, 2.75) is 0 Å². The molecule has 2 aromatic carbocycles. The van der Waals surface area contributed by atoms with Crippen LogP contribution in [0.25, 0.3) is 0 Å². The van der Waals surface area contributed by atoms with Gasteiger partial charge in [0.05, 0.1) is 23.6 Å². The second-order valence-electron chi connectivity index (χ2n) is 5.07. The van der Waals surface area contributed by atoms with Gasteiger partial charge in [-0.3, -0.25) is 0 Å². The number of guanidine groups is 1. The van der Waals surface area contributed by atoms with Crippen LogP contribution in [0.2, 0.25) is 0 Å². The van der Waals surface area contributed by atoms with Gasteiger partial charge in [0.2, 0.25) is 17.6 Å². The van der Waals surface area contributed by atoms with Gasteiger partial charge in [-0.05, 0) is 0 Å². The van der Waals surface area contributed by atoms with E-state index in [1.165, 1.54) is 0 Å². The average molecular weight is 445 g/mol. The Morgan fingerprint density at radius 2 is 0.900 bits per heavy atom. The van der Waals surface area contributed by atoms with E-state index in [0.29, 0.717) is 0 Å². The Labute approximate surface area is 159 Å². The summed E-state index contributed by atoms with van der Waals surface area (Å²) in [5.74, 6) is -23.4. The first-order valence-corrected chi connectivity index (χ1v) is 7.17. The van der Waals surface area contributed by atoms with Crippen molar-refractivity contribution in [1.29, 1.82) is 0 Å². The smallest absolute Gasteiger partial charge is 0.234 e. The van der Waals surface area contributed by atoms with Crippen molar-refractivity contribution < 1.29 is 43.9 Å². The Morgan fingerprint density at radius 3 is 1.30 bits per heavy atom. The third-order valence-corrected chi connectivity index (χ3v) is 3.21. The molecule has 0 saturated heterocycles. The van der Waals surface area contributed by atoms with Crippen LogP contribution in [0.5, 0.6) is 0 Å². The SMILES string of the molecule is NC(=N/N=C\c1c(F)c(F)c(F)c(F)c1F)N/N=C\c1c(F)c(F)c(F)c(F)c1F. The predicted molar refractivity (Wildman–Crippen MR) is 82.4 cm³/mol. The third-order valence-electron chi connectivity index (χ3n) is 3.21. The molecule has 3 N–H and O–H groups in total. The van der Waals surface area contributed by atoms with Crippen molar-refractivity contribution in [3.63, 3.8) is 0 Å². The van der Waals surface area contributed by atoms with Crippen LogP contribution < -0.4 is 11.2 Å². The normalized spacial score (nSPS) is 12.4. The van der Waals surface area contributed by atoms with Crippen LogP contribution in [0, 0.1) is 58.2 Å². The molecule has 0 radical (unpaired) electrons. The van der Waals surface area contributed by atoms with Crippen LogP contribution in [0.15, 0.2) is 15.3 Å². The molecule has 0 aliphatic heterocycles. The van der Waals surface area contributed by atoms with Gasteiger partial charge in [0.25, 0.3) is 0 Å². The van der Waals surface area contributed by atoms with Crippen molar-refractivity contribution in [3.8, 4) is 0 Å². The molecule has 0 saturated carbocycles. The summed E-state index contributed by atoms with van der Waals surface area (Å²) in [6.45, 7) is 0. The Hall–Kier alpha value is -3.65. The number of nitrogens with zero attached hydrogens (tertiary/aromatic N) is 3. The summed E-state index contributed by atoms with van der Waals surface area (Å²) in [5.41, 5.74) is 3.96. The van der Waals surface area contributed by atoms with Gasteiger partial charge in [0.1, 0.15) is 0 Å². The predicted octanol–water partition coefficient (Wildman–Crippen LogP) is 3.35. The van der Waals surface area contributed by atoms with Crippen LogP contribution in [-0.2, 0) is 0 Å². The van der Waals surface area contributed by atoms with Crippen LogP contribution in [0.1, 0.15) is 11.1 Å². The van der Waals surface area contributed by atoms with Gasteiger partial charge in [-0.25, -0.2) is 49.3 Å². The van der Waals surface area contributed by atoms with Crippen molar-refractivity contribution in [3.05, 3.63) is 69.3 Å². The molecular weight excluding hydrogens is 440 g/mol. The summed E-state index contributed by atoms with van der Waals surface area (Å²) < 4.78 is 131. The standard InChI is InChI=1S/C15H5F10N5/c16-5-3(6(17)10(21)13(24)9(5)20)1-27-29-15(26)30-28-2-4-7(18)11(22)14(25)12(23)8(4)19/h1-2H,(H3,26,29,30)/b27-1-,28-2-. The molecule has 0 unspecified atom stereocenters. The Morgan fingerprint density at radius 1 is 0.567 bits per heavy atom. The highest BCUT2D eigenvalue weighted by atomic mass is 19.2. The van der Waals surface area contributed by atoms with Gasteiger partial charge >= 0.3 is 0 Å². The fourth-order valence-corrected chi connectivity index (χ4v) is 1.80. The molecule has 0 heterocycles. The fourth-order valence-electron chi connectivity index (χ4n) is 1.80. The third kappa shape index (κ3) is 4.18. The molecule has 2 aromatic rings. The summed E-state index contributed by atoms with van der Waals surface area (Å²) in [6, 6.07) is 0. The van der Waals surface area contributed by atoms with Gasteiger partial charge < -0.3 is 5.73 Å². The number of hydrogen-bond donors (Lipinski definition) is 2. The van der Waals surface area contributed by atoms with E-state index in [2.05, 4.69) is 15.3 Å². The zero-order valence-electron chi connectivity index (χ0n) is 13.9. The molecule has 0 aliphatic carbocycles. The Kier molecular flexibility index (Phi) is 6.63. The fraction of sp³-hybridized carbons (Fsp3) is 0. The molecule has 160 valence electrons. The molecule has 0 atom stereocenters. The number of nitrogens with one attached hydrogen (secondary N) is 1. The van der Waals surface area contributed by atoms with E-state index >= 15 is 0 Å². The molecule has 0 fully saturated rings. The van der Waals surface area contributed by atoms with Gasteiger partial charge in [0, 0.05) is 0 Å². The number of nitrogens with two attached hydrogens (primary N) is 1. The minimum absolute atomic E-state index is 0.110. The zero-order valence-corrected chi connectivity index (χ0v) is 13.9. The van der Waals surface area contributed by atoms with Gasteiger partial charge in [-0.2, -0.15) is 10.2 Å². The summed E-state index contributed by atoms with van der Waals surface area (Å²) in [7, 11) is 0. The molecule has 0 bridgehead atoms. The van der Waals surface area contributed by atoms with Crippen LogP contribution in [-0.4, -0.2) is 18.4 Å². The molecule has 5 nitrogen and oxygen atoms in total. The molecule has 0 aromatic heterocycles. The van der Waals surface area contributed by atoms with E-state index < -0.39 is 75.3 Å². The molecule has 0 aliphatic rings. The second kappa shape index (κ2) is 8.79. The molecule has 2 rings (SSSR count). The molecular formula is C15H5F10N5. The number of benzene rings is 2. The van der Waals surface area contributed by atoms with Crippen molar-refractivity contribution >= 4 is 18.4 Å². The van der Waals surface area contributed by atoms with Crippen LogP contribution in [0.3, 0.4) is 0 Å². The molecule has 15 heteroatoms. The van der Waals surface area contributed by atoms with Gasteiger partial charge in [-0.1, -0.05) is 0 Å². The second-order valence-corrected chi connectivity index (χ2v) is 5.07. The minimum atomic E-state index is -2.39. The lowest BCUT2D eigenvalue weighted by Crippen LogP contribution is -2.27. The quantitative estimate of drug-likeness (QED) is 0.189. The molecule has 30 heavy (non-hydrogen) atoms. The molecule has 0 amide bonds. The Bertz CT molecular complexity index is 1040. The van der Waals surface area contributed by atoms with Crippen LogP contribution >= 0.6 is 0 Å². The summed E-state index contributed by atoms with van der Waals surface area (Å²) in [4.78, 5) is 0. The first-order valence-electron chi connectivity index (χ1n) is 7.17. The van der Waals surface area contributed by atoms with E-state index in [9.17, 15) is 43.9 Å². The Balaban J connectivity index is 2.21. The van der Waals surface area contributed by atoms with E-state index in [-0.39, 0.29) is 12.4 Å². The van der Waals surface area contributed by atoms with Crippen molar-refractivity contribution in [2.24, 2.45) is 21.0 Å². The van der Waals surface area contributed by atoms with Crippen LogP contribution in [0.4, 0.5) is 43.9 Å². The highest BCUT2D eigenvalue weighted by Crippen LogP contribution is 2.22. The van der Waals surface area contributed by atoms with Crippen molar-refractivity contribution in [2.75, 3.05) is 0 Å². The summed E-state index contributed by atoms with van der Waals surface area (Å²) in [6.07, 6.45) is 0.255. The summed E-state index contributed by atoms with van der Waals surface area (Å²) in [5, 5.41) is 8.92. The lowest BCUT2D eigenvalue weighted by Gasteiger charge is -2.04. The monoisotopic (exact) mass is 445 g/mol. The maximum Gasteiger partial charge on any atom is 0.234 e. The summed E-state index contributed by atoms with van der Waals surface area (Å²) >= 11 is 0. The topological polar surface area (TPSA) is 75.1 Å². The first-order chi connectivity index (χ1) is 14.0. The largest absolute Gasteiger partial charge is 0.367 e. The lowest BCUT2D eigenvalue weighted by molar-refractivity contribution is 0.377. The maximum absolute atomic E-state index is 13.4. The maximum atomic E-state index is 13.4. The average Bonchev–Trinajstić information content (AvgIpc) is 2.72. The highest BCUT2D eigenvalue weighted by molar-refractivity contribution is 5.85.